The molecule has 0 atom stereocenters. The van der Waals surface area contributed by atoms with Crippen molar-refractivity contribution in [3.8, 4) is 0 Å². The van der Waals surface area contributed by atoms with Gasteiger partial charge in [-0.1, -0.05) is 12.1 Å². The van der Waals surface area contributed by atoms with Gasteiger partial charge in [0.15, 0.2) is 0 Å². The third kappa shape index (κ3) is 5.74. The minimum Gasteiger partial charge on any atom is -0.351 e. The first kappa shape index (κ1) is 15.2. The number of carbonyl (C=O) groups is 2. The Morgan fingerprint density at radius 3 is 2.38 bits per heavy atom. The predicted molar refractivity (Wildman–Crippen MR) is 81.5 cm³/mol. The molecule has 2 rings (SSSR count). The van der Waals surface area contributed by atoms with Crippen LogP contribution in [-0.4, -0.2) is 16.8 Å². The molecule has 0 aliphatic rings. The summed E-state index contributed by atoms with van der Waals surface area (Å²) in [5.74, 6) is -0.261. The Kier molecular flexibility index (Phi) is 5.90. The molecule has 0 aliphatic carbocycles. The minimum absolute atomic E-state index is 0.114. The van der Waals surface area contributed by atoms with Gasteiger partial charge in [0.2, 0.25) is 11.8 Å². The van der Waals surface area contributed by atoms with Gasteiger partial charge in [-0.2, -0.15) is 0 Å². The molecule has 6 heteroatoms. The van der Waals surface area contributed by atoms with E-state index in [2.05, 4.69) is 15.6 Å². The van der Waals surface area contributed by atoms with E-state index in [1.165, 1.54) is 0 Å². The molecule has 21 heavy (non-hydrogen) atoms. The second-order valence-corrected chi connectivity index (χ2v) is 5.49. The Morgan fingerprint density at radius 2 is 1.76 bits per heavy atom. The lowest BCUT2D eigenvalue weighted by molar-refractivity contribution is -0.126. The third-order valence-electron chi connectivity index (χ3n) is 2.81. The molecule has 0 fully saturated rings. The van der Waals surface area contributed by atoms with E-state index in [4.69, 9.17) is 0 Å². The highest BCUT2D eigenvalue weighted by atomic mass is 32.1. The topological polar surface area (TPSA) is 71.1 Å². The van der Waals surface area contributed by atoms with Crippen LogP contribution in [0.25, 0.3) is 0 Å². The van der Waals surface area contributed by atoms with E-state index in [0.717, 1.165) is 10.6 Å². The normalized spacial score (nSPS) is 10.1. The highest BCUT2D eigenvalue weighted by molar-refractivity contribution is 7.09. The van der Waals surface area contributed by atoms with Crippen molar-refractivity contribution in [1.29, 1.82) is 0 Å². The predicted octanol–water partition coefficient (Wildman–Crippen LogP) is 1.86. The van der Waals surface area contributed by atoms with Crippen LogP contribution in [0.3, 0.4) is 0 Å². The zero-order chi connectivity index (χ0) is 14.9. The molecule has 2 aromatic rings. The van der Waals surface area contributed by atoms with Crippen LogP contribution < -0.4 is 10.6 Å². The largest absolute Gasteiger partial charge is 0.351 e. The Morgan fingerprint density at radius 1 is 1.00 bits per heavy atom. The maximum absolute atomic E-state index is 11.6. The van der Waals surface area contributed by atoms with Crippen LogP contribution in [0.4, 0.5) is 0 Å². The molecule has 2 N–H and O–H groups in total. The molecule has 0 bridgehead atoms. The molecular formula is C15H17N3O2S. The number of nitrogens with zero attached hydrogens (tertiary/aromatic N) is 1. The molecule has 0 unspecified atom stereocenters. The maximum atomic E-state index is 11.6. The Bertz CT molecular complexity index is 570. The number of pyridine rings is 1. The lowest BCUT2D eigenvalue weighted by Gasteiger charge is -2.05. The fourth-order valence-electron chi connectivity index (χ4n) is 1.69. The zero-order valence-electron chi connectivity index (χ0n) is 11.5. The van der Waals surface area contributed by atoms with Crippen LogP contribution in [0.2, 0.25) is 0 Å². The van der Waals surface area contributed by atoms with Gasteiger partial charge in [-0.3, -0.25) is 14.6 Å². The molecule has 0 aliphatic heterocycles. The van der Waals surface area contributed by atoms with E-state index >= 15 is 0 Å². The Labute approximate surface area is 127 Å². The second-order valence-electron chi connectivity index (χ2n) is 4.45. The summed E-state index contributed by atoms with van der Waals surface area (Å²) >= 11 is 1.59. The van der Waals surface area contributed by atoms with Crippen molar-refractivity contribution < 1.29 is 9.59 Å². The Hall–Kier alpha value is -2.21. The summed E-state index contributed by atoms with van der Waals surface area (Å²) in [6, 6.07) is 9.44. The van der Waals surface area contributed by atoms with Crippen molar-refractivity contribution in [3.05, 3.63) is 52.5 Å². The number of carbonyl (C=O) groups excluding carboxylic acids is 2. The van der Waals surface area contributed by atoms with Gasteiger partial charge in [-0.25, -0.2) is 0 Å². The highest BCUT2D eigenvalue weighted by Gasteiger charge is 2.07. The van der Waals surface area contributed by atoms with Gasteiger partial charge in [0, 0.05) is 23.9 Å². The van der Waals surface area contributed by atoms with Crippen molar-refractivity contribution in [2.24, 2.45) is 0 Å². The van der Waals surface area contributed by atoms with Crippen LogP contribution in [-0.2, 0) is 22.7 Å². The van der Waals surface area contributed by atoms with E-state index in [1.807, 2.05) is 35.7 Å². The van der Waals surface area contributed by atoms with E-state index in [1.54, 1.807) is 17.5 Å². The molecule has 110 valence electrons. The van der Waals surface area contributed by atoms with Gasteiger partial charge >= 0.3 is 0 Å². The summed E-state index contributed by atoms with van der Waals surface area (Å²) < 4.78 is 0. The minimum atomic E-state index is -0.146. The summed E-state index contributed by atoms with van der Waals surface area (Å²) in [6.45, 7) is 0.905. The van der Waals surface area contributed by atoms with Crippen LogP contribution in [0.15, 0.2) is 41.9 Å². The molecule has 0 aromatic carbocycles. The van der Waals surface area contributed by atoms with Crippen LogP contribution in [0.1, 0.15) is 23.4 Å². The van der Waals surface area contributed by atoms with Gasteiger partial charge in [0.05, 0.1) is 18.8 Å². The first-order valence-corrected chi connectivity index (χ1v) is 7.57. The molecular weight excluding hydrogens is 286 g/mol. The number of aromatic nitrogens is 1. The fraction of sp³-hybridized carbons (Fsp3) is 0.267. The van der Waals surface area contributed by atoms with Crippen LogP contribution in [0, 0.1) is 0 Å². The highest BCUT2D eigenvalue weighted by Crippen LogP contribution is 2.07. The third-order valence-corrected chi connectivity index (χ3v) is 3.69. The first-order valence-electron chi connectivity index (χ1n) is 6.70. The lowest BCUT2D eigenvalue weighted by Crippen LogP contribution is -2.27. The number of hydrogen-bond donors (Lipinski definition) is 2. The molecule has 0 spiro atoms. The van der Waals surface area contributed by atoms with Gasteiger partial charge in [0.25, 0.3) is 0 Å². The van der Waals surface area contributed by atoms with Gasteiger partial charge in [-0.15, -0.1) is 11.3 Å². The molecule has 2 amide bonds. The van der Waals surface area contributed by atoms with Crippen molar-refractivity contribution in [3.63, 3.8) is 0 Å². The fourth-order valence-corrected chi connectivity index (χ4v) is 2.34. The standard InChI is InChI=1S/C15H17N3O2S/c19-14(17-10-12-4-1-2-8-16-12)6-7-15(20)18-11-13-5-3-9-21-13/h1-5,8-9H,6-7,10-11H2,(H,17,19)(H,18,20). The monoisotopic (exact) mass is 303 g/mol. The first-order chi connectivity index (χ1) is 10.2. The summed E-state index contributed by atoms with van der Waals surface area (Å²) in [6.07, 6.45) is 2.06. The SMILES string of the molecule is O=C(CCC(=O)NCc1cccs1)NCc1ccccn1. The molecule has 2 heterocycles. The molecule has 0 radical (unpaired) electrons. The number of rotatable bonds is 7. The maximum Gasteiger partial charge on any atom is 0.220 e. The van der Waals surface area contributed by atoms with Crippen molar-refractivity contribution >= 4 is 23.2 Å². The van der Waals surface area contributed by atoms with E-state index in [0.29, 0.717) is 13.1 Å². The van der Waals surface area contributed by atoms with Crippen molar-refractivity contribution in [1.82, 2.24) is 15.6 Å². The second kappa shape index (κ2) is 8.16. The number of amides is 2. The van der Waals surface area contributed by atoms with Crippen molar-refractivity contribution in [2.45, 2.75) is 25.9 Å². The average Bonchev–Trinajstić information content (AvgIpc) is 3.03. The van der Waals surface area contributed by atoms with E-state index in [-0.39, 0.29) is 24.7 Å². The summed E-state index contributed by atoms with van der Waals surface area (Å²) in [4.78, 5) is 28.5. The Balaban J connectivity index is 1.61. The zero-order valence-corrected chi connectivity index (χ0v) is 12.4. The van der Waals surface area contributed by atoms with Crippen LogP contribution >= 0.6 is 11.3 Å². The van der Waals surface area contributed by atoms with Gasteiger partial charge in [-0.05, 0) is 23.6 Å². The van der Waals surface area contributed by atoms with Crippen molar-refractivity contribution in [2.75, 3.05) is 0 Å². The van der Waals surface area contributed by atoms with E-state index in [9.17, 15) is 9.59 Å². The quantitative estimate of drug-likeness (QED) is 0.820. The van der Waals surface area contributed by atoms with Crippen LogP contribution in [0.5, 0.6) is 0 Å². The van der Waals surface area contributed by atoms with Gasteiger partial charge in [0.1, 0.15) is 0 Å². The summed E-state index contributed by atoms with van der Waals surface area (Å²) in [5, 5.41) is 7.50. The molecule has 5 nitrogen and oxygen atoms in total. The number of hydrogen-bond acceptors (Lipinski definition) is 4. The molecule has 0 saturated heterocycles. The molecule has 2 aromatic heterocycles. The average molecular weight is 303 g/mol. The van der Waals surface area contributed by atoms with Gasteiger partial charge < -0.3 is 10.6 Å². The summed E-state index contributed by atoms with van der Waals surface area (Å²) in [7, 11) is 0. The lowest BCUT2D eigenvalue weighted by atomic mass is 10.2. The number of thiophene rings is 1. The van der Waals surface area contributed by atoms with E-state index < -0.39 is 0 Å². The summed E-state index contributed by atoms with van der Waals surface area (Å²) in [5.41, 5.74) is 0.799. The number of nitrogens with one attached hydrogen (secondary N) is 2. The smallest absolute Gasteiger partial charge is 0.220 e. The molecule has 0 saturated carbocycles.